The number of ether oxygens (including phenoxy) is 2. The minimum atomic E-state index is -0.654. The molecule has 3 aromatic carbocycles. The van der Waals surface area contributed by atoms with Gasteiger partial charge >= 0.3 is 5.97 Å². The zero-order valence-corrected chi connectivity index (χ0v) is 20.4. The monoisotopic (exact) mass is 517 g/mol. The van der Waals surface area contributed by atoms with Gasteiger partial charge < -0.3 is 14.8 Å². The molecule has 0 atom stereocenters. The van der Waals surface area contributed by atoms with Crippen molar-refractivity contribution in [3.8, 4) is 5.75 Å². The van der Waals surface area contributed by atoms with Crippen LogP contribution in [0.25, 0.3) is 10.1 Å². The fraction of sp³-hybridized carbons (Fsp3) is 0.0833. The van der Waals surface area contributed by atoms with Crippen molar-refractivity contribution in [2.75, 3.05) is 19.0 Å². The number of nitrogens with one attached hydrogen (secondary N) is 1. The smallest absolute Gasteiger partial charge is 0.350 e. The third kappa shape index (κ3) is 5.62. The third-order valence-electron chi connectivity index (χ3n) is 4.56. The van der Waals surface area contributed by atoms with Crippen LogP contribution in [0.5, 0.6) is 5.75 Å². The van der Waals surface area contributed by atoms with Gasteiger partial charge in [-0.05, 0) is 54.6 Å². The number of rotatable bonds is 7. The molecule has 168 valence electrons. The lowest BCUT2D eigenvalue weighted by atomic mass is 10.2. The first-order chi connectivity index (χ1) is 15.9. The lowest BCUT2D eigenvalue weighted by Crippen LogP contribution is -2.21. The minimum Gasteiger partial charge on any atom is -0.497 e. The Morgan fingerprint density at radius 1 is 1.03 bits per heavy atom. The highest BCUT2D eigenvalue weighted by atomic mass is 35.5. The molecule has 1 heterocycles. The van der Waals surface area contributed by atoms with Gasteiger partial charge in [0.25, 0.3) is 5.91 Å². The number of carbonyl (C=O) groups excluding carboxylic acids is 2. The summed E-state index contributed by atoms with van der Waals surface area (Å²) in [6.45, 7) is -0.438. The molecule has 0 aliphatic rings. The lowest BCUT2D eigenvalue weighted by Gasteiger charge is -2.11. The van der Waals surface area contributed by atoms with E-state index in [9.17, 15) is 9.59 Å². The van der Waals surface area contributed by atoms with E-state index in [1.165, 1.54) is 23.1 Å². The van der Waals surface area contributed by atoms with Crippen LogP contribution in [-0.4, -0.2) is 25.6 Å². The van der Waals surface area contributed by atoms with Gasteiger partial charge in [0, 0.05) is 24.9 Å². The number of hydrogen-bond donors (Lipinski definition) is 1. The summed E-state index contributed by atoms with van der Waals surface area (Å²) in [5.74, 6) is -0.444. The molecular weight excluding hydrogens is 501 g/mol. The summed E-state index contributed by atoms with van der Waals surface area (Å²) in [5, 5.41) is 4.48. The normalized spacial score (nSPS) is 10.8. The van der Waals surface area contributed by atoms with E-state index in [0.717, 1.165) is 19.9 Å². The van der Waals surface area contributed by atoms with Crippen molar-refractivity contribution in [1.29, 1.82) is 0 Å². The molecule has 4 rings (SSSR count). The number of carbonyl (C=O) groups is 2. The van der Waals surface area contributed by atoms with Crippen molar-refractivity contribution in [3.63, 3.8) is 0 Å². The Morgan fingerprint density at radius 2 is 1.79 bits per heavy atom. The molecular formula is C24H17Cl2NO4S2. The Hall–Kier alpha value is -2.71. The van der Waals surface area contributed by atoms with E-state index in [2.05, 4.69) is 5.32 Å². The van der Waals surface area contributed by atoms with Gasteiger partial charge in [-0.1, -0.05) is 47.1 Å². The molecule has 4 aromatic rings. The minimum absolute atomic E-state index is 0.242. The van der Waals surface area contributed by atoms with Gasteiger partial charge in [0.2, 0.25) is 0 Å². The Kier molecular flexibility index (Phi) is 7.45. The molecule has 0 spiro atoms. The van der Waals surface area contributed by atoms with Gasteiger partial charge in [-0.15, -0.1) is 11.3 Å². The highest BCUT2D eigenvalue weighted by Gasteiger charge is 2.20. The van der Waals surface area contributed by atoms with Crippen molar-refractivity contribution < 1.29 is 19.1 Å². The summed E-state index contributed by atoms with van der Waals surface area (Å²) in [7, 11) is 1.57. The number of esters is 1. The average molecular weight is 518 g/mol. The number of benzene rings is 3. The molecule has 1 aromatic heterocycles. The Balaban J connectivity index is 1.41. The van der Waals surface area contributed by atoms with E-state index in [1.807, 2.05) is 30.3 Å². The van der Waals surface area contributed by atoms with Crippen LogP contribution in [0, 0.1) is 0 Å². The van der Waals surface area contributed by atoms with Gasteiger partial charge in [0.15, 0.2) is 6.61 Å². The van der Waals surface area contributed by atoms with Crippen LogP contribution in [0.2, 0.25) is 10.0 Å². The molecule has 0 radical (unpaired) electrons. The van der Waals surface area contributed by atoms with Gasteiger partial charge in [0.1, 0.15) is 10.6 Å². The number of thiophene rings is 1. The molecule has 0 fully saturated rings. The maximum Gasteiger partial charge on any atom is 0.350 e. The van der Waals surface area contributed by atoms with Gasteiger partial charge in [0.05, 0.1) is 17.8 Å². The second-order valence-electron chi connectivity index (χ2n) is 6.78. The van der Waals surface area contributed by atoms with Gasteiger partial charge in [-0.25, -0.2) is 4.79 Å². The van der Waals surface area contributed by atoms with Crippen molar-refractivity contribution >= 4 is 74.0 Å². The highest BCUT2D eigenvalue weighted by molar-refractivity contribution is 7.99. The number of anilines is 1. The summed E-state index contributed by atoms with van der Waals surface area (Å²) in [4.78, 5) is 27.1. The summed E-state index contributed by atoms with van der Waals surface area (Å²) in [5.41, 5.74) is 0.616. The zero-order chi connectivity index (χ0) is 23.4. The number of hydrogen-bond acceptors (Lipinski definition) is 6. The SMILES string of the molecule is COc1ccc2c(Cl)c(C(=O)OCC(=O)Nc3ccccc3Sc3ccc(Cl)cc3)sc2c1. The van der Waals surface area contributed by atoms with Crippen molar-refractivity contribution in [1.82, 2.24) is 0 Å². The molecule has 0 saturated carbocycles. The maximum atomic E-state index is 12.6. The van der Waals surface area contributed by atoms with E-state index in [0.29, 0.717) is 21.5 Å². The van der Waals surface area contributed by atoms with Crippen molar-refractivity contribution in [2.45, 2.75) is 9.79 Å². The predicted octanol–water partition coefficient (Wildman–Crippen LogP) is 7.16. The summed E-state index contributed by atoms with van der Waals surface area (Å²) in [6.07, 6.45) is 0. The molecule has 5 nitrogen and oxygen atoms in total. The first-order valence-corrected chi connectivity index (χ1v) is 12.1. The largest absolute Gasteiger partial charge is 0.497 e. The van der Waals surface area contributed by atoms with E-state index in [-0.39, 0.29) is 4.88 Å². The fourth-order valence-corrected chi connectivity index (χ4v) is 5.43. The second-order valence-corrected chi connectivity index (χ2v) is 9.77. The molecule has 9 heteroatoms. The zero-order valence-electron chi connectivity index (χ0n) is 17.3. The third-order valence-corrected chi connectivity index (χ3v) is 7.53. The van der Waals surface area contributed by atoms with E-state index >= 15 is 0 Å². The first-order valence-electron chi connectivity index (χ1n) is 9.70. The first kappa shape index (κ1) is 23.4. The molecule has 0 bridgehead atoms. The van der Waals surface area contributed by atoms with Crippen molar-refractivity contribution in [3.05, 3.63) is 81.7 Å². The number of amides is 1. The molecule has 1 N–H and O–H groups in total. The number of halogens is 2. The van der Waals surface area contributed by atoms with E-state index in [4.69, 9.17) is 32.7 Å². The van der Waals surface area contributed by atoms with Crippen LogP contribution in [0.4, 0.5) is 5.69 Å². The standard InChI is InChI=1S/C24H17Cl2NO4S2/c1-30-15-8-11-17-20(12-15)33-23(22(17)26)24(29)31-13-21(28)27-18-4-2-3-5-19(18)32-16-9-6-14(25)7-10-16/h2-12H,13H2,1H3,(H,27,28). The van der Waals surface area contributed by atoms with Crippen LogP contribution >= 0.6 is 46.3 Å². The summed E-state index contributed by atoms with van der Waals surface area (Å²) >= 11 is 15.0. The number of fused-ring (bicyclic) bond motifs is 1. The van der Waals surface area contributed by atoms with E-state index < -0.39 is 18.5 Å². The Labute approximate surface area is 208 Å². The van der Waals surface area contributed by atoms with Crippen molar-refractivity contribution in [2.24, 2.45) is 0 Å². The van der Waals surface area contributed by atoms with Gasteiger partial charge in [-0.3, -0.25) is 4.79 Å². The van der Waals surface area contributed by atoms with Crippen LogP contribution in [0.15, 0.2) is 76.5 Å². The fourth-order valence-electron chi connectivity index (χ4n) is 2.98. The van der Waals surface area contributed by atoms with Crippen LogP contribution in [-0.2, 0) is 9.53 Å². The molecule has 0 aliphatic carbocycles. The summed E-state index contributed by atoms with van der Waals surface area (Å²) < 4.78 is 11.2. The molecule has 33 heavy (non-hydrogen) atoms. The second kappa shape index (κ2) is 10.5. The average Bonchev–Trinajstić information content (AvgIpc) is 3.16. The number of para-hydroxylation sites is 1. The topological polar surface area (TPSA) is 64.6 Å². The predicted molar refractivity (Wildman–Crippen MR) is 134 cm³/mol. The highest BCUT2D eigenvalue weighted by Crippen LogP contribution is 2.38. The maximum absolute atomic E-state index is 12.6. The van der Waals surface area contributed by atoms with Crippen LogP contribution in [0.3, 0.4) is 0 Å². The summed E-state index contributed by atoms with van der Waals surface area (Å²) in [6, 6.07) is 20.1. The molecule has 0 unspecified atom stereocenters. The lowest BCUT2D eigenvalue weighted by molar-refractivity contribution is -0.119. The van der Waals surface area contributed by atoms with Crippen LogP contribution < -0.4 is 10.1 Å². The molecule has 1 amide bonds. The van der Waals surface area contributed by atoms with Gasteiger partial charge in [-0.2, -0.15) is 0 Å². The molecule has 0 aliphatic heterocycles. The van der Waals surface area contributed by atoms with E-state index in [1.54, 1.807) is 43.5 Å². The number of methoxy groups -OCH3 is 1. The Bertz CT molecular complexity index is 1320. The molecule has 0 saturated heterocycles. The Morgan fingerprint density at radius 3 is 2.55 bits per heavy atom. The quantitative estimate of drug-likeness (QED) is 0.263. The van der Waals surface area contributed by atoms with Crippen LogP contribution in [0.1, 0.15) is 9.67 Å².